The van der Waals surface area contributed by atoms with Gasteiger partial charge in [-0.15, -0.1) is 0 Å². The lowest BCUT2D eigenvalue weighted by Crippen LogP contribution is -2.36. The summed E-state index contributed by atoms with van der Waals surface area (Å²) < 4.78 is 1.19. The summed E-state index contributed by atoms with van der Waals surface area (Å²) in [4.78, 5) is 2.48. The molecule has 1 saturated carbocycles. The lowest BCUT2D eigenvalue weighted by molar-refractivity contribution is 0.152. The highest BCUT2D eigenvalue weighted by Crippen LogP contribution is 2.26. The Hall–Kier alpha value is -0.340. The molecule has 1 aliphatic carbocycles. The van der Waals surface area contributed by atoms with Gasteiger partial charge in [0.05, 0.1) is 0 Å². The molecule has 0 N–H and O–H groups in total. The summed E-state index contributed by atoms with van der Waals surface area (Å²) in [5.74, 6) is 0. The van der Waals surface area contributed by atoms with E-state index < -0.39 is 0 Å². The van der Waals surface area contributed by atoms with Crippen molar-refractivity contribution in [1.82, 2.24) is 4.90 Å². The Morgan fingerprint density at radius 3 is 2.73 bits per heavy atom. The maximum atomic E-state index is 3.54. The molecule has 0 spiro atoms. The molecule has 1 aliphatic rings. The van der Waals surface area contributed by atoms with Crippen molar-refractivity contribution >= 4 is 15.9 Å². The molecule has 1 fully saturated rings. The quantitative estimate of drug-likeness (QED) is 0.807. The van der Waals surface area contributed by atoms with Crippen molar-refractivity contribution in [1.29, 1.82) is 0 Å². The Labute approximate surface area is 101 Å². The molecule has 0 saturated heterocycles. The van der Waals surface area contributed by atoms with E-state index in [2.05, 4.69) is 53.0 Å². The average molecular weight is 268 g/mol. The van der Waals surface area contributed by atoms with Gasteiger partial charge in [0, 0.05) is 17.1 Å². The van der Waals surface area contributed by atoms with Crippen LogP contribution in [0.2, 0.25) is 0 Å². The van der Waals surface area contributed by atoms with Crippen molar-refractivity contribution in [3.8, 4) is 0 Å². The SMILES string of the molecule is Cc1ccc(Br)cc1CN(C)C1CCC1. The van der Waals surface area contributed by atoms with Gasteiger partial charge in [-0.1, -0.05) is 28.4 Å². The zero-order valence-electron chi connectivity index (χ0n) is 9.46. The maximum Gasteiger partial charge on any atom is 0.0236 e. The van der Waals surface area contributed by atoms with Crippen molar-refractivity contribution in [2.45, 2.75) is 38.8 Å². The highest BCUT2D eigenvalue weighted by atomic mass is 79.9. The van der Waals surface area contributed by atoms with Crippen molar-refractivity contribution in [2.75, 3.05) is 7.05 Å². The number of aryl methyl sites for hydroxylation is 1. The Morgan fingerprint density at radius 2 is 2.13 bits per heavy atom. The third-order valence-electron chi connectivity index (χ3n) is 3.43. The van der Waals surface area contributed by atoms with E-state index in [1.165, 1.54) is 34.9 Å². The first-order valence-electron chi connectivity index (χ1n) is 5.62. The number of nitrogens with zero attached hydrogens (tertiary/aromatic N) is 1. The van der Waals surface area contributed by atoms with Crippen LogP contribution in [0.25, 0.3) is 0 Å². The molecule has 2 rings (SSSR count). The summed E-state index contributed by atoms with van der Waals surface area (Å²) in [6.07, 6.45) is 4.17. The van der Waals surface area contributed by atoms with Gasteiger partial charge in [0.15, 0.2) is 0 Å². The van der Waals surface area contributed by atoms with Gasteiger partial charge in [-0.05, 0) is 50.1 Å². The standard InChI is InChI=1S/C13H18BrN/c1-10-6-7-12(14)8-11(10)9-15(2)13-4-3-5-13/h6-8,13H,3-5,9H2,1-2H3. The molecule has 0 bridgehead atoms. The number of rotatable bonds is 3. The fourth-order valence-electron chi connectivity index (χ4n) is 2.04. The third-order valence-corrected chi connectivity index (χ3v) is 3.92. The fourth-order valence-corrected chi connectivity index (χ4v) is 2.44. The lowest BCUT2D eigenvalue weighted by Gasteiger charge is -2.35. The summed E-state index contributed by atoms with van der Waals surface area (Å²) in [7, 11) is 2.24. The van der Waals surface area contributed by atoms with Gasteiger partial charge < -0.3 is 0 Å². The van der Waals surface area contributed by atoms with Crippen LogP contribution >= 0.6 is 15.9 Å². The zero-order chi connectivity index (χ0) is 10.8. The summed E-state index contributed by atoms with van der Waals surface area (Å²) in [6, 6.07) is 7.36. The molecule has 15 heavy (non-hydrogen) atoms. The summed E-state index contributed by atoms with van der Waals surface area (Å²) in [6.45, 7) is 3.27. The van der Waals surface area contributed by atoms with Gasteiger partial charge in [-0.25, -0.2) is 0 Å². The van der Waals surface area contributed by atoms with Gasteiger partial charge in [0.2, 0.25) is 0 Å². The van der Waals surface area contributed by atoms with Crippen LogP contribution in [-0.2, 0) is 6.54 Å². The van der Waals surface area contributed by atoms with Gasteiger partial charge in [-0.2, -0.15) is 0 Å². The molecule has 0 aliphatic heterocycles. The molecule has 82 valence electrons. The summed E-state index contributed by atoms with van der Waals surface area (Å²) in [5, 5.41) is 0. The summed E-state index contributed by atoms with van der Waals surface area (Å²) >= 11 is 3.54. The molecule has 0 aromatic heterocycles. The summed E-state index contributed by atoms with van der Waals surface area (Å²) in [5.41, 5.74) is 2.84. The van der Waals surface area contributed by atoms with E-state index in [4.69, 9.17) is 0 Å². The topological polar surface area (TPSA) is 3.24 Å². The Morgan fingerprint density at radius 1 is 1.40 bits per heavy atom. The van der Waals surface area contributed by atoms with Crippen LogP contribution in [-0.4, -0.2) is 18.0 Å². The minimum absolute atomic E-state index is 0.823. The monoisotopic (exact) mass is 267 g/mol. The molecule has 0 heterocycles. The molecule has 0 atom stereocenters. The van der Waals surface area contributed by atoms with Gasteiger partial charge in [0.25, 0.3) is 0 Å². The smallest absolute Gasteiger partial charge is 0.0236 e. The van der Waals surface area contributed by atoms with E-state index in [1.54, 1.807) is 0 Å². The van der Waals surface area contributed by atoms with Gasteiger partial charge in [0.1, 0.15) is 0 Å². The molecule has 1 nitrogen and oxygen atoms in total. The van der Waals surface area contributed by atoms with E-state index in [9.17, 15) is 0 Å². The van der Waals surface area contributed by atoms with Gasteiger partial charge in [-0.3, -0.25) is 4.90 Å². The van der Waals surface area contributed by atoms with E-state index in [0.29, 0.717) is 0 Å². The van der Waals surface area contributed by atoms with E-state index in [-0.39, 0.29) is 0 Å². The van der Waals surface area contributed by atoms with Gasteiger partial charge >= 0.3 is 0 Å². The number of hydrogen-bond acceptors (Lipinski definition) is 1. The predicted molar refractivity (Wildman–Crippen MR) is 68.0 cm³/mol. The first-order valence-corrected chi connectivity index (χ1v) is 6.41. The normalized spacial score (nSPS) is 16.8. The number of hydrogen-bond donors (Lipinski definition) is 0. The second kappa shape index (κ2) is 4.67. The molecule has 2 heteroatoms. The minimum Gasteiger partial charge on any atom is -0.299 e. The van der Waals surface area contributed by atoms with Crippen molar-refractivity contribution in [3.63, 3.8) is 0 Å². The van der Waals surface area contributed by atoms with Crippen LogP contribution in [0.4, 0.5) is 0 Å². The Balaban J connectivity index is 2.05. The van der Waals surface area contributed by atoms with Crippen LogP contribution in [0.1, 0.15) is 30.4 Å². The first kappa shape index (κ1) is 11.2. The van der Waals surface area contributed by atoms with Crippen LogP contribution < -0.4 is 0 Å². The van der Waals surface area contributed by atoms with Crippen LogP contribution in [0.5, 0.6) is 0 Å². The molecular weight excluding hydrogens is 250 g/mol. The highest BCUT2D eigenvalue weighted by molar-refractivity contribution is 9.10. The highest BCUT2D eigenvalue weighted by Gasteiger charge is 2.22. The molecule has 0 amide bonds. The Kier molecular flexibility index (Phi) is 3.47. The second-order valence-corrected chi connectivity index (χ2v) is 5.49. The van der Waals surface area contributed by atoms with E-state index in [0.717, 1.165) is 12.6 Å². The number of benzene rings is 1. The van der Waals surface area contributed by atoms with Crippen molar-refractivity contribution in [2.24, 2.45) is 0 Å². The maximum absolute atomic E-state index is 3.54. The van der Waals surface area contributed by atoms with E-state index >= 15 is 0 Å². The first-order chi connectivity index (χ1) is 7.16. The molecule has 0 unspecified atom stereocenters. The van der Waals surface area contributed by atoms with Crippen LogP contribution in [0.15, 0.2) is 22.7 Å². The number of halogens is 1. The van der Waals surface area contributed by atoms with Crippen LogP contribution in [0.3, 0.4) is 0 Å². The predicted octanol–water partition coefficient (Wildman–Crippen LogP) is 3.74. The van der Waals surface area contributed by atoms with Crippen molar-refractivity contribution < 1.29 is 0 Å². The average Bonchev–Trinajstić information content (AvgIpc) is 2.08. The van der Waals surface area contributed by atoms with Crippen LogP contribution in [0, 0.1) is 6.92 Å². The molecular formula is C13H18BrN. The molecule has 1 aromatic carbocycles. The molecule has 0 radical (unpaired) electrons. The molecule has 1 aromatic rings. The Bertz CT molecular complexity index is 344. The fraction of sp³-hybridized carbons (Fsp3) is 0.538. The van der Waals surface area contributed by atoms with E-state index in [1.807, 2.05) is 0 Å². The minimum atomic E-state index is 0.823. The van der Waals surface area contributed by atoms with Crippen molar-refractivity contribution in [3.05, 3.63) is 33.8 Å². The third kappa shape index (κ3) is 2.61. The largest absolute Gasteiger partial charge is 0.299 e. The second-order valence-electron chi connectivity index (χ2n) is 4.57. The zero-order valence-corrected chi connectivity index (χ0v) is 11.0. The lowest BCUT2D eigenvalue weighted by atomic mass is 9.91.